The van der Waals surface area contributed by atoms with Crippen molar-refractivity contribution in [2.75, 3.05) is 6.61 Å². The van der Waals surface area contributed by atoms with Gasteiger partial charge < -0.3 is 9.30 Å². The second kappa shape index (κ2) is 8.00. The van der Waals surface area contributed by atoms with Crippen LogP contribution in [0.25, 0.3) is 0 Å². The van der Waals surface area contributed by atoms with E-state index in [0.717, 1.165) is 11.3 Å². The van der Waals surface area contributed by atoms with Gasteiger partial charge in [0.1, 0.15) is 0 Å². The van der Waals surface area contributed by atoms with E-state index in [-0.39, 0.29) is 28.7 Å². The summed E-state index contributed by atoms with van der Waals surface area (Å²) in [5, 5.41) is 4.62. The summed E-state index contributed by atoms with van der Waals surface area (Å²) in [6.45, 7) is 5.01. The summed E-state index contributed by atoms with van der Waals surface area (Å²) >= 11 is 0. The van der Waals surface area contributed by atoms with Gasteiger partial charge >= 0.3 is 0 Å². The van der Waals surface area contributed by atoms with Crippen molar-refractivity contribution in [2.45, 2.75) is 75.7 Å². The molecule has 0 unspecified atom stereocenters. The van der Waals surface area contributed by atoms with E-state index < -0.39 is 10.0 Å². The molecule has 0 bridgehead atoms. The largest absolute Gasteiger partial charge is 0.376 e. The van der Waals surface area contributed by atoms with Crippen LogP contribution in [-0.4, -0.2) is 40.4 Å². The summed E-state index contributed by atoms with van der Waals surface area (Å²) < 4.78 is 36.8. The molecule has 0 saturated heterocycles. The van der Waals surface area contributed by atoms with E-state index in [1.54, 1.807) is 21.5 Å². The molecule has 3 heterocycles. The van der Waals surface area contributed by atoms with Crippen molar-refractivity contribution in [1.82, 2.24) is 24.1 Å². The van der Waals surface area contributed by atoms with Crippen molar-refractivity contribution >= 4 is 10.0 Å². The van der Waals surface area contributed by atoms with Crippen molar-refractivity contribution < 1.29 is 13.2 Å². The van der Waals surface area contributed by atoms with E-state index in [1.165, 1.54) is 6.33 Å². The van der Waals surface area contributed by atoms with E-state index >= 15 is 0 Å². The average Bonchev–Trinajstić information content (AvgIpc) is 3.20. The Morgan fingerprint density at radius 3 is 2.69 bits per heavy atom. The number of hydrogen-bond acceptors (Lipinski definition) is 6. The number of ether oxygens (including phenoxy) is 1. The fourth-order valence-electron chi connectivity index (χ4n) is 3.95. The molecule has 0 spiro atoms. The first kappa shape index (κ1) is 20.2. The molecule has 0 atom stereocenters. The third-order valence-corrected chi connectivity index (χ3v) is 7.08. The van der Waals surface area contributed by atoms with Gasteiger partial charge in [0.15, 0.2) is 5.03 Å². The Balaban J connectivity index is 1.41. The lowest BCUT2D eigenvalue weighted by atomic mass is 9.92. The van der Waals surface area contributed by atoms with Crippen molar-refractivity contribution in [3.05, 3.63) is 40.2 Å². The van der Waals surface area contributed by atoms with Crippen LogP contribution in [0.2, 0.25) is 0 Å². The predicted molar refractivity (Wildman–Crippen MR) is 106 cm³/mol. The molecule has 1 aliphatic heterocycles. The minimum absolute atomic E-state index is 0.00320. The summed E-state index contributed by atoms with van der Waals surface area (Å²) in [5.41, 5.74) is 1.69. The number of aromatic nitrogens is 4. The Bertz CT molecular complexity index is 1040. The third-order valence-electron chi connectivity index (χ3n) is 5.68. The first-order valence-corrected chi connectivity index (χ1v) is 11.6. The summed E-state index contributed by atoms with van der Waals surface area (Å²) in [5.74, 6) is 0. The number of fused-ring (bicyclic) bond motifs is 1. The van der Waals surface area contributed by atoms with Crippen molar-refractivity contribution in [1.29, 1.82) is 0 Å². The normalized spacial score (nSPS) is 22.6. The van der Waals surface area contributed by atoms with Gasteiger partial charge in [-0.05, 0) is 39.5 Å². The van der Waals surface area contributed by atoms with Crippen LogP contribution in [0, 0.1) is 0 Å². The van der Waals surface area contributed by atoms with Crippen LogP contribution in [-0.2, 0) is 27.8 Å². The smallest absolute Gasteiger partial charge is 0.267 e. The van der Waals surface area contributed by atoms with Crippen LogP contribution in [0.5, 0.6) is 0 Å². The molecule has 0 radical (unpaired) electrons. The number of rotatable bonds is 5. The molecule has 9 nitrogen and oxygen atoms in total. The van der Waals surface area contributed by atoms with Crippen LogP contribution in [0.15, 0.2) is 28.4 Å². The van der Waals surface area contributed by atoms with E-state index in [1.807, 2.05) is 13.8 Å². The van der Waals surface area contributed by atoms with Gasteiger partial charge in [-0.1, -0.05) is 0 Å². The van der Waals surface area contributed by atoms with Crippen molar-refractivity contribution in [3.8, 4) is 0 Å². The first-order chi connectivity index (χ1) is 13.8. The monoisotopic (exact) mass is 421 g/mol. The third kappa shape index (κ3) is 4.29. The fourth-order valence-corrected chi connectivity index (χ4v) is 5.19. The highest BCUT2D eigenvalue weighted by molar-refractivity contribution is 7.89. The summed E-state index contributed by atoms with van der Waals surface area (Å²) in [7, 11) is -3.65. The van der Waals surface area contributed by atoms with Crippen LogP contribution in [0.1, 0.15) is 62.9 Å². The van der Waals surface area contributed by atoms with Crippen LogP contribution in [0.3, 0.4) is 0 Å². The molecule has 0 aromatic carbocycles. The second-order valence-electron chi connectivity index (χ2n) is 8.08. The molecule has 0 amide bonds. The zero-order chi connectivity index (χ0) is 20.6. The van der Waals surface area contributed by atoms with E-state index in [0.29, 0.717) is 45.3 Å². The van der Waals surface area contributed by atoms with Crippen molar-refractivity contribution in [3.63, 3.8) is 0 Å². The molecule has 1 N–H and O–H groups in total. The van der Waals surface area contributed by atoms with E-state index in [2.05, 4.69) is 14.8 Å². The lowest BCUT2D eigenvalue weighted by Gasteiger charge is -2.30. The quantitative estimate of drug-likeness (QED) is 0.785. The minimum Gasteiger partial charge on any atom is -0.376 e. The number of nitrogens with one attached hydrogen (secondary N) is 1. The summed E-state index contributed by atoms with van der Waals surface area (Å²) in [4.78, 5) is 16.5. The molecule has 10 heteroatoms. The minimum atomic E-state index is -3.65. The topological polar surface area (TPSA) is 108 Å². The average molecular weight is 422 g/mol. The van der Waals surface area contributed by atoms with Crippen LogP contribution < -0.4 is 10.3 Å². The maximum atomic E-state index is 12.6. The van der Waals surface area contributed by atoms with Gasteiger partial charge in [0.2, 0.25) is 0 Å². The predicted octanol–water partition coefficient (Wildman–Crippen LogP) is 1.56. The van der Waals surface area contributed by atoms with Gasteiger partial charge in [0.25, 0.3) is 15.6 Å². The zero-order valence-electron chi connectivity index (χ0n) is 16.7. The molecular formula is C19H27N5O4S. The van der Waals surface area contributed by atoms with Gasteiger partial charge in [-0.3, -0.25) is 4.79 Å². The standard InChI is InChI=1S/C19H27N5O4S/c1-13(2)23-10-18(20-12-23)29(26,27)22-15-3-5-16(6-4-15)24-19(25)9-14-11-28-8-7-17(14)21-24/h9-10,12-13,15-16,22H,3-8,11H2,1-2H3. The van der Waals surface area contributed by atoms with Gasteiger partial charge in [-0.25, -0.2) is 22.8 Å². The number of hydrogen-bond donors (Lipinski definition) is 1. The number of imidazole rings is 1. The Hall–Kier alpha value is -2.04. The fraction of sp³-hybridized carbons (Fsp3) is 0.632. The van der Waals surface area contributed by atoms with Crippen LogP contribution >= 0.6 is 0 Å². The molecule has 1 fully saturated rings. The molecule has 2 aromatic heterocycles. The Morgan fingerprint density at radius 2 is 2.00 bits per heavy atom. The molecule has 4 rings (SSSR count). The maximum absolute atomic E-state index is 12.6. The van der Waals surface area contributed by atoms with E-state index in [9.17, 15) is 13.2 Å². The molecule has 29 heavy (non-hydrogen) atoms. The van der Waals surface area contributed by atoms with Gasteiger partial charge in [0, 0.05) is 36.3 Å². The molecule has 2 aromatic rings. The highest BCUT2D eigenvalue weighted by atomic mass is 32.2. The number of sulfonamides is 1. The van der Waals surface area contributed by atoms with Crippen LogP contribution in [0.4, 0.5) is 0 Å². The molecule has 1 saturated carbocycles. The molecule has 1 aliphatic carbocycles. The van der Waals surface area contributed by atoms with Crippen molar-refractivity contribution in [2.24, 2.45) is 0 Å². The summed E-state index contributed by atoms with van der Waals surface area (Å²) in [6, 6.07) is 1.61. The maximum Gasteiger partial charge on any atom is 0.267 e. The second-order valence-corrected chi connectivity index (χ2v) is 9.74. The number of nitrogens with zero attached hydrogens (tertiary/aromatic N) is 4. The van der Waals surface area contributed by atoms with Gasteiger partial charge in [-0.15, -0.1) is 0 Å². The van der Waals surface area contributed by atoms with Gasteiger partial charge in [-0.2, -0.15) is 5.10 Å². The summed E-state index contributed by atoms with van der Waals surface area (Å²) in [6.07, 6.45) is 6.53. The lowest BCUT2D eigenvalue weighted by molar-refractivity contribution is 0.107. The Morgan fingerprint density at radius 1 is 1.24 bits per heavy atom. The molecular weight excluding hydrogens is 394 g/mol. The SMILES string of the molecule is CC(C)n1cnc(S(=O)(=O)NC2CCC(n3nc4c(cc3=O)COCC4)CC2)c1. The first-order valence-electron chi connectivity index (χ1n) is 10.1. The Kier molecular flexibility index (Phi) is 5.58. The lowest BCUT2D eigenvalue weighted by Crippen LogP contribution is -2.40. The van der Waals surface area contributed by atoms with Gasteiger partial charge in [0.05, 0.1) is 31.3 Å². The highest BCUT2D eigenvalue weighted by Crippen LogP contribution is 2.28. The molecule has 158 valence electrons. The Labute approximate surface area is 170 Å². The zero-order valence-corrected chi connectivity index (χ0v) is 17.6. The highest BCUT2D eigenvalue weighted by Gasteiger charge is 2.29. The van der Waals surface area contributed by atoms with E-state index in [4.69, 9.17) is 4.74 Å². The molecule has 2 aliphatic rings.